The van der Waals surface area contributed by atoms with Gasteiger partial charge < -0.3 is 5.32 Å². The van der Waals surface area contributed by atoms with Crippen LogP contribution in [0.5, 0.6) is 0 Å². The molecule has 0 aliphatic carbocycles. The second-order valence-electron chi connectivity index (χ2n) is 4.83. The normalized spacial score (nSPS) is 10.8. The van der Waals surface area contributed by atoms with Crippen LogP contribution in [0.3, 0.4) is 0 Å². The second-order valence-corrected chi connectivity index (χ2v) is 5.55. The van der Waals surface area contributed by atoms with Gasteiger partial charge in [-0.2, -0.15) is 0 Å². The number of amides is 1. The fourth-order valence-corrected chi connectivity index (χ4v) is 2.46. The molecule has 0 bridgehead atoms. The number of nitrogens with zero attached hydrogens (tertiary/aromatic N) is 3. The Kier molecular flexibility index (Phi) is 4.54. The summed E-state index contributed by atoms with van der Waals surface area (Å²) in [6, 6.07) is 9.28. The molecular weight excluding hydrogens is 308 g/mol. The van der Waals surface area contributed by atoms with E-state index in [-0.39, 0.29) is 5.91 Å². The van der Waals surface area contributed by atoms with E-state index in [0.717, 1.165) is 17.0 Å². The van der Waals surface area contributed by atoms with Crippen molar-refractivity contribution in [2.75, 3.05) is 5.32 Å². The molecule has 0 aliphatic rings. The lowest BCUT2D eigenvalue weighted by molar-refractivity contribution is -0.111. The van der Waals surface area contributed by atoms with Gasteiger partial charge in [-0.15, -0.1) is 11.3 Å². The van der Waals surface area contributed by atoms with Crippen LogP contribution in [0.2, 0.25) is 0 Å². The molecule has 1 aromatic carbocycles. The number of benzene rings is 1. The lowest BCUT2D eigenvalue weighted by Crippen LogP contribution is -2.07. The van der Waals surface area contributed by atoms with E-state index in [2.05, 4.69) is 20.3 Å². The topological polar surface area (TPSA) is 67.8 Å². The quantitative estimate of drug-likeness (QED) is 0.746. The molecule has 2 heterocycles. The van der Waals surface area contributed by atoms with E-state index >= 15 is 0 Å². The zero-order chi connectivity index (χ0) is 16.1. The van der Waals surface area contributed by atoms with Crippen molar-refractivity contribution in [3.8, 4) is 11.4 Å². The van der Waals surface area contributed by atoms with Crippen LogP contribution < -0.4 is 5.32 Å². The van der Waals surface area contributed by atoms with Gasteiger partial charge in [0.05, 0.1) is 11.2 Å². The summed E-state index contributed by atoms with van der Waals surface area (Å²) in [4.78, 5) is 24.6. The lowest BCUT2D eigenvalue weighted by atomic mass is 10.2. The van der Waals surface area contributed by atoms with E-state index in [1.54, 1.807) is 17.8 Å². The third-order valence-corrected chi connectivity index (χ3v) is 3.67. The number of hydrogen-bond acceptors (Lipinski definition) is 5. The summed E-state index contributed by atoms with van der Waals surface area (Å²) in [5, 5.41) is 4.68. The Bertz CT molecular complexity index is 826. The number of nitrogens with one attached hydrogen (secondary N) is 1. The number of thiazole rings is 1. The Morgan fingerprint density at radius 3 is 2.70 bits per heavy atom. The van der Waals surface area contributed by atoms with Gasteiger partial charge in [-0.3, -0.25) is 4.79 Å². The molecule has 0 unspecified atom stereocenters. The van der Waals surface area contributed by atoms with Gasteiger partial charge in [-0.25, -0.2) is 15.0 Å². The standard InChI is InChI=1S/C17H14N4OS/c1-12-8-9-18-17(20-12)13-2-4-14(5-3-13)21-16(22)7-6-15-10-23-11-19-15/h2-11H,1H3,(H,21,22)/b7-6-. The van der Waals surface area contributed by atoms with E-state index in [9.17, 15) is 4.79 Å². The number of carbonyl (C=O) groups is 1. The maximum atomic E-state index is 11.9. The van der Waals surface area contributed by atoms with E-state index in [1.807, 2.05) is 42.6 Å². The molecule has 23 heavy (non-hydrogen) atoms. The molecule has 0 spiro atoms. The van der Waals surface area contributed by atoms with Crippen molar-refractivity contribution >= 4 is 29.0 Å². The zero-order valence-electron chi connectivity index (χ0n) is 12.4. The first-order chi connectivity index (χ1) is 11.2. The molecule has 1 N–H and O–H groups in total. The van der Waals surface area contributed by atoms with E-state index in [0.29, 0.717) is 11.5 Å². The first-order valence-electron chi connectivity index (χ1n) is 6.98. The highest BCUT2D eigenvalue weighted by Crippen LogP contribution is 2.18. The van der Waals surface area contributed by atoms with Crippen LogP contribution in [0, 0.1) is 6.92 Å². The van der Waals surface area contributed by atoms with Crippen molar-refractivity contribution < 1.29 is 4.79 Å². The van der Waals surface area contributed by atoms with Gasteiger partial charge in [-0.1, -0.05) is 0 Å². The lowest BCUT2D eigenvalue weighted by Gasteiger charge is -2.04. The van der Waals surface area contributed by atoms with Gasteiger partial charge in [0.25, 0.3) is 0 Å². The molecule has 0 saturated heterocycles. The van der Waals surface area contributed by atoms with Crippen molar-refractivity contribution in [1.82, 2.24) is 15.0 Å². The Morgan fingerprint density at radius 1 is 1.17 bits per heavy atom. The zero-order valence-corrected chi connectivity index (χ0v) is 13.2. The maximum Gasteiger partial charge on any atom is 0.248 e. The first-order valence-corrected chi connectivity index (χ1v) is 7.92. The highest BCUT2D eigenvalue weighted by Gasteiger charge is 2.03. The van der Waals surface area contributed by atoms with Gasteiger partial charge in [0.15, 0.2) is 5.82 Å². The molecule has 0 fully saturated rings. The first kappa shape index (κ1) is 15.1. The summed E-state index contributed by atoms with van der Waals surface area (Å²) in [6.07, 6.45) is 4.88. The Morgan fingerprint density at radius 2 is 2.00 bits per heavy atom. The molecule has 0 aliphatic heterocycles. The van der Waals surface area contributed by atoms with Crippen LogP contribution in [-0.2, 0) is 4.79 Å². The largest absolute Gasteiger partial charge is 0.323 e. The molecule has 0 saturated carbocycles. The van der Waals surface area contributed by atoms with Crippen molar-refractivity contribution in [2.24, 2.45) is 0 Å². The second kappa shape index (κ2) is 6.93. The predicted octanol–water partition coefficient (Wildman–Crippen LogP) is 3.56. The van der Waals surface area contributed by atoms with Crippen LogP contribution in [-0.4, -0.2) is 20.9 Å². The van der Waals surface area contributed by atoms with Crippen LogP contribution in [0.15, 0.2) is 53.5 Å². The maximum absolute atomic E-state index is 11.9. The number of rotatable bonds is 4. The summed E-state index contributed by atoms with van der Waals surface area (Å²) >= 11 is 1.49. The fraction of sp³-hybridized carbons (Fsp3) is 0.0588. The molecule has 6 heteroatoms. The number of anilines is 1. The summed E-state index contributed by atoms with van der Waals surface area (Å²) in [6.45, 7) is 1.93. The van der Waals surface area contributed by atoms with Crippen LogP contribution in [0.25, 0.3) is 17.5 Å². The van der Waals surface area contributed by atoms with E-state index < -0.39 is 0 Å². The average Bonchev–Trinajstić information content (AvgIpc) is 3.07. The third-order valence-electron chi connectivity index (χ3n) is 3.06. The fourth-order valence-electron chi connectivity index (χ4n) is 1.94. The number of carbonyl (C=O) groups excluding carboxylic acids is 1. The van der Waals surface area contributed by atoms with Gasteiger partial charge in [0.2, 0.25) is 5.91 Å². The summed E-state index contributed by atoms with van der Waals surface area (Å²) in [5.41, 5.74) is 5.04. The molecule has 114 valence electrons. The van der Waals surface area contributed by atoms with Gasteiger partial charge in [0.1, 0.15) is 0 Å². The van der Waals surface area contributed by atoms with Crippen molar-refractivity contribution in [3.63, 3.8) is 0 Å². The average molecular weight is 322 g/mol. The Hall–Kier alpha value is -2.86. The summed E-state index contributed by atoms with van der Waals surface area (Å²) in [7, 11) is 0. The SMILES string of the molecule is Cc1ccnc(-c2ccc(NC(=O)/C=C\c3cscn3)cc2)n1. The smallest absolute Gasteiger partial charge is 0.248 e. The molecule has 5 nitrogen and oxygen atoms in total. The third kappa shape index (κ3) is 4.08. The highest BCUT2D eigenvalue weighted by molar-refractivity contribution is 7.07. The number of aromatic nitrogens is 3. The minimum atomic E-state index is -0.197. The number of aryl methyl sites for hydroxylation is 1. The van der Waals surface area contributed by atoms with Crippen molar-refractivity contribution in [3.05, 3.63) is 64.9 Å². The van der Waals surface area contributed by atoms with Crippen LogP contribution >= 0.6 is 11.3 Å². The number of hydrogen-bond donors (Lipinski definition) is 1. The molecular formula is C17H14N4OS. The summed E-state index contributed by atoms with van der Waals surface area (Å²) in [5.74, 6) is 0.476. The minimum Gasteiger partial charge on any atom is -0.323 e. The van der Waals surface area contributed by atoms with Gasteiger partial charge >= 0.3 is 0 Å². The Labute approximate surface area is 137 Å². The molecule has 0 atom stereocenters. The highest BCUT2D eigenvalue weighted by atomic mass is 32.1. The predicted molar refractivity (Wildman–Crippen MR) is 92.0 cm³/mol. The molecule has 3 aromatic rings. The monoisotopic (exact) mass is 322 g/mol. The van der Waals surface area contributed by atoms with E-state index in [4.69, 9.17) is 0 Å². The van der Waals surface area contributed by atoms with Crippen LogP contribution in [0.1, 0.15) is 11.4 Å². The molecule has 2 aromatic heterocycles. The van der Waals surface area contributed by atoms with Gasteiger partial charge in [0, 0.05) is 34.6 Å². The van der Waals surface area contributed by atoms with Crippen molar-refractivity contribution in [1.29, 1.82) is 0 Å². The summed E-state index contributed by atoms with van der Waals surface area (Å²) < 4.78 is 0. The Balaban J connectivity index is 1.66. The van der Waals surface area contributed by atoms with Gasteiger partial charge in [-0.05, 0) is 43.3 Å². The molecule has 1 amide bonds. The van der Waals surface area contributed by atoms with Crippen molar-refractivity contribution in [2.45, 2.75) is 6.92 Å². The minimum absolute atomic E-state index is 0.197. The van der Waals surface area contributed by atoms with E-state index in [1.165, 1.54) is 17.4 Å². The molecule has 0 radical (unpaired) electrons. The van der Waals surface area contributed by atoms with Crippen LogP contribution in [0.4, 0.5) is 5.69 Å². The molecule has 3 rings (SSSR count).